The van der Waals surface area contributed by atoms with Crippen LogP contribution in [0, 0.1) is 17.3 Å². The molecule has 2 N–H and O–H groups in total. The first-order chi connectivity index (χ1) is 8.99. The van der Waals surface area contributed by atoms with Gasteiger partial charge in [-0.15, -0.1) is 0 Å². The number of rotatable bonds is 4. The van der Waals surface area contributed by atoms with Gasteiger partial charge in [0.1, 0.15) is 0 Å². The minimum atomic E-state index is 0.360. The molecule has 3 heteroatoms. The number of carbonyl (C=O) groups is 1. The minimum Gasteiger partial charge on any atom is -0.339 e. The first kappa shape index (κ1) is 14.8. The molecule has 1 aliphatic heterocycles. The van der Waals surface area contributed by atoms with Crippen molar-refractivity contribution in [3.05, 3.63) is 0 Å². The Kier molecular flexibility index (Phi) is 4.54. The fourth-order valence-electron chi connectivity index (χ4n) is 3.88. The van der Waals surface area contributed by atoms with E-state index in [4.69, 9.17) is 5.73 Å². The molecule has 0 aromatic carbocycles. The van der Waals surface area contributed by atoms with Crippen LogP contribution in [0.3, 0.4) is 0 Å². The molecule has 0 radical (unpaired) electrons. The molecular formula is C16H30N2O. The molecule has 3 atom stereocenters. The molecule has 0 aromatic rings. The fourth-order valence-corrected chi connectivity index (χ4v) is 3.88. The van der Waals surface area contributed by atoms with Crippen molar-refractivity contribution in [2.75, 3.05) is 13.1 Å². The number of amides is 1. The van der Waals surface area contributed by atoms with Gasteiger partial charge >= 0.3 is 0 Å². The van der Waals surface area contributed by atoms with E-state index in [1.54, 1.807) is 0 Å². The highest BCUT2D eigenvalue weighted by Crippen LogP contribution is 2.44. The molecule has 0 aromatic heterocycles. The van der Waals surface area contributed by atoms with Gasteiger partial charge in [0.25, 0.3) is 0 Å². The van der Waals surface area contributed by atoms with E-state index in [0.29, 0.717) is 23.3 Å². The van der Waals surface area contributed by atoms with Crippen LogP contribution in [0.25, 0.3) is 0 Å². The second kappa shape index (κ2) is 5.82. The van der Waals surface area contributed by atoms with Gasteiger partial charge in [-0.05, 0) is 49.5 Å². The highest BCUT2D eigenvalue weighted by atomic mass is 16.2. The van der Waals surface area contributed by atoms with E-state index < -0.39 is 0 Å². The number of hydrogen-bond acceptors (Lipinski definition) is 2. The summed E-state index contributed by atoms with van der Waals surface area (Å²) in [6.07, 6.45) is 6.63. The number of likely N-dealkylation sites (tertiary alicyclic amines) is 1. The molecule has 0 bridgehead atoms. The maximum atomic E-state index is 12.0. The van der Waals surface area contributed by atoms with Gasteiger partial charge in [-0.3, -0.25) is 4.79 Å². The highest BCUT2D eigenvalue weighted by Gasteiger charge is 2.41. The second-order valence-corrected chi connectivity index (χ2v) is 7.11. The Hall–Kier alpha value is -0.570. The van der Waals surface area contributed by atoms with Crippen molar-refractivity contribution in [3.63, 3.8) is 0 Å². The van der Waals surface area contributed by atoms with E-state index >= 15 is 0 Å². The summed E-state index contributed by atoms with van der Waals surface area (Å²) in [5, 5.41) is 0. The van der Waals surface area contributed by atoms with Crippen molar-refractivity contribution >= 4 is 5.91 Å². The smallest absolute Gasteiger partial charge is 0.222 e. The molecule has 2 rings (SSSR count). The summed E-state index contributed by atoms with van der Waals surface area (Å²) in [7, 11) is 0. The number of carbonyl (C=O) groups excluding carboxylic acids is 1. The van der Waals surface area contributed by atoms with Crippen LogP contribution in [-0.4, -0.2) is 29.9 Å². The van der Waals surface area contributed by atoms with Crippen LogP contribution in [0.2, 0.25) is 0 Å². The zero-order valence-electron chi connectivity index (χ0n) is 12.8. The van der Waals surface area contributed by atoms with Crippen LogP contribution in [-0.2, 0) is 4.79 Å². The van der Waals surface area contributed by atoms with E-state index in [-0.39, 0.29) is 0 Å². The van der Waals surface area contributed by atoms with Crippen LogP contribution in [0.5, 0.6) is 0 Å². The van der Waals surface area contributed by atoms with Gasteiger partial charge in [0.2, 0.25) is 5.91 Å². The van der Waals surface area contributed by atoms with Crippen LogP contribution >= 0.6 is 0 Å². The first-order valence-corrected chi connectivity index (χ1v) is 7.99. The summed E-state index contributed by atoms with van der Waals surface area (Å²) < 4.78 is 0. The zero-order chi connectivity index (χ0) is 14.0. The van der Waals surface area contributed by atoms with Crippen molar-refractivity contribution in [2.45, 2.75) is 65.3 Å². The Morgan fingerprint density at radius 1 is 1.37 bits per heavy atom. The molecular weight excluding hydrogens is 236 g/mol. The van der Waals surface area contributed by atoms with E-state index in [0.717, 1.165) is 38.3 Å². The first-order valence-electron chi connectivity index (χ1n) is 7.99. The van der Waals surface area contributed by atoms with Crippen LogP contribution in [0.4, 0.5) is 0 Å². The quantitative estimate of drug-likeness (QED) is 0.850. The highest BCUT2D eigenvalue weighted by molar-refractivity contribution is 5.78. The Labute approximate surface area is 117 Å². The van der Waals surface area contributed by atoms with Gasteiger partial charge in [0, 0.05) is 19.0 Å². The molecule has 2 fully saturated rings. The van der Waals surface area contributed by atoms with Gasteiger partial charge in [-0.1, -0.05) is 27.2 Å². The third-order valence-electron chi connectivity index (χ3n) is 5.79. The topological polar surface area (TPSA) is 46.3 Å². The third-order valence-corrected chi connectivity index (χ3v) is 5.79. The molecule has 1 saturated carbocycles. The minimum absolute atomic E-state index is 0.360. The fraction of sp³-hybridized carbons (Fsp3) is 0.938. The Morgan fingerprint density at radius 3 is 2.63 bits per heavy atom. The lowest BCUT2D eigenvalue weighted by molar-refractivity contribution is -0.132. The number of nitrogens with two attached hydrogens (primary N) is 1. The van der Waals surface area contributed by atoms with Gasteiger partial charge in [0.15, 0.2) is 0 Å². The van der Waals surface area contributed by atoms with E-state index in [1.165, 1.54) is 19.3 Å². The molecule has 1 aliphatic carbocycles. The molecule has 3 unspecified atom stereocenters. The molecule has 110 valence electrons. The van der Waals surface area contributed by atoms with Crippen molar-refractivity contribution < 1.29 is 4.79 Å². The maximum Gasteiger partial charge on any atom is 0.222 e. The van der Waals surface area contributed by atoms with Crippen molar-refractivity contribution in [1.29, 1.82) is 0 Å². The van der Waals surface area contributed by atoms with Crippen molar-refractivity contribution in [2.24, 2.45) is 23.0 Å². The second-order valence-electron chi connectivity index (χ2n) is 7.11. The average Bonchev–Trinajstić information content (AvgIpc) is 2.84. The average molecular weight is 266 g/mol. The van der Waals surface area contributed by atoms with Gasteiger partial charge < -0.3 is 10.6 Å². The van der Waals surface area contributed by atoms with Crippen LogP contribution in [0.15, 0.2) is 0 Å². The Morgan fingerprint density at radius 2 is 2.11 bits per heavy atom. The van der Waals surface area contributed by atoms with Gasteiger partial charge in [-0.2, -0.15) is 0 Å². The zero-order valence-corrected chi connectivity index (χ0v) is 12.8. The lowest BCUT2D eigenvalue weighted by Gasteiger charge is -2.46. The number of hydrogen-bond donors (Lipinski definition) is 1. The number of nitrogens with zero attached hydrogens (tertiary/aromatic N) is 1. The largest absolute Gasteiger partial charge is 0.339 e. The predicted octanol–water partition coefficient (Wildman–Crippen LogP) is 2.79. The van der Waals surface area contributed by atoms with E-state index in [1.807, 2.05) is 0 Å². The molecule has 0 spiro atoms. The van der Waals surface area contributed by atoms with E-state index in [9.17, 15) is 4.79 Å². The lowest BCUT2D eigenvalue weighted by Crippen LogP contribution is -2.49. The normalized spacial score (nSPS) is 32.9. The Bertz CT molecular complexity index is 327. The van der Waals surface area contributed by atoms with Crippen LogP contribution < -0.4 is 5.73 Å². The SMILES string of the molecule is CCC(C)(C)C1CCC(CN)C(N2CCCC2=O)C1. The molecule has 1 heterocycles. The van der Waals surface area contributed by atoms with Gasteiger partial charge in [-0.25, -0.2) is 0 Å². The van der Waals surface area contributed by atoms with Gasteiger partial charge in [0.05, 0.1) is 0 Å². The monoisotopic (exact) mass is 266 g/mol. The summed E-state index contributed by atoms with van der Waals surface area (Å²) in [6, 6.07) is 0.407. The standard InChI is InChI=1S/C16H30N2O/c1-4-16(2,3)13-8-7-12(11-17)14(10-13)18-9-5-6-15(18)19/h12-14H,4-11,17H2,1-3H3. The summed E-state index contributed by atoms with van der Waals surface area (Å²) in [6.45, 7) is 8.73. The van der Waals surface area contributed by atoms with Crippen LogP contribution in [0.1, 0.15) is 59.3 Å². The summed E-state index contributed by atoms with van der Waals surface area (Å²) in [4.78, 5) is 14.2. The summed E-state index contributed by atoms with van der Waals surface area (Å²) in [5.74, 6) is 1.61. The summed E-state index contributed by atoms with van der Waals surface area (Å²) >= 11 is 0. The maximum absolute atomic E-state index is 12.0. The lowest BCUT2D eigenvalue weighted by atomic mass is 9.65. The molecule has 19 heavy (non-hydrogen) atoms. The van der Waals surface area contributed by atoms with Crippen molar-refractivity contribution in [1.82, 2.24) is 4.90 Å². The van der Waals surface area contributed by atoms with E-state index in [2.05, 4.69) is 25.7 Å². The molecule has 2 aliphatic rings. The Balaban J connectivity index is 2.11. The van der Waals surface area contributed by atoms with Crippen molar-refractivity contribution in [3.8, 4) is 0 Å². The third kappa shape index (κ3) is 2.96. The molecule has 3 nitrogen and oxygen atoms in total. The molecule has 1 amide bonds. The summed E-state index contributed by atoms with van der Waals surface area (Å²) in [5.41, 5.74) is 6.35. The predicted molar refractivity (Wildman–Crippen MR) is 78.7 cm³/mol. The molecule has 1 saturated heterocycles.